The average Bonchev–Trinajstić information content (AvgIpc) is 2.49. The molecule has 468 valence electrons. The van der Waals surface area contributed by atoms with Gasteiger partial charge in [0.1, 0.15) is 53.1 Å². The molecule has 0 fully saturated rings. The van der Waals surface area contributed by atoms with E-state index in [-0.39, 0.29) is 55.0 Å². The van der Waals surface area contributed by atoms with Gasteiger partial charge in [0, 0.05) is 76.1 Å². The van der Waals surface area contributed by atoms with Crippen molar-refractivity contribution >= 4 is 41.3 Å². The first-order valence-corrected chi connectivity index (χ1v) is 30.1. The Morgan fingerprint density at radius 2 is 1.58 bits per heavy atom. The van der Waals surface area contributed by atoms with E-state index in [1.807, 2.05) is 61.7 Å². The number of aryl methyl sites for hydroxylation is 1. The van der Waals surface area contributed by atoms with Crippen LogP contribution >= 0.6 is 0 Å². The molecule has 88 heavy (non-hydrogen) atoms. The molecule has 0 saturated heterocycles. The van der Waals surface area contributed by atoms with Gasteiger partial charge in [0.15, 0.2) is 11.6 Å². The standard InChI is InChI=1S/C66H82F2N12O8/c1-42(78(9)64(86)88-66(5,6)7)60(82)74-58(65(2,3)4)63(85)80-40-46-36-48(29-28-44(46)37-55(80)62(84)73-53-26-16-20-43-19-12-13-23-49(43)53)87-34-14-10-11-27-57(81)77(8)32-18-33-79-56(75-76-59(79)54-30-31-69-41-72-54)39-70-47-22-15-21-45(35-47)61(83)71-38-50-51(67)24-17-25-52(50)68/h12-13,15,17,19,21-25,28-31,35-36,41-42,53,55,58,70H,10-11,14,16,18,20,26-27,32-34,37-40H2,1-9H3,(H,71,83)(H,73,84)(H,74,82)/t42-,53+,55-,58?/m0/s1. The number of benzene rings is 4. The molecule has 4 aromatic carbocycles. The lowest BCUT2D eigenvalue weighted by atomic mass is 9.83. The van der Waals surface area contributed by atoms with Crippen LogP contribution in [0.2, 0.25) is 0 Å². The second-order valence-corrected chi connectivity index (χ2v) is 24.7. The summed E-state index contributed by atoms with van der Waals surface area (Å²) in [5.41, 5.74) is 3.63. The third kappa shape index (κ3) is 17.0. The van der Waals surface area contributed by atoms with Gasteiger partial charge >= 0.3 is 6.09 Å². The van der Waals surface area contributed by atoms with E-state index in [0.29, 0.717) is 74.2 Å². The number of hydrogen-bond donors (Lipinski definition) is 4. The lowest BCUT2D eigenvalue weighted by Crippen LogP contribution is -2.62. The Hall–Kier alpha value is -8.82. The molecule has 4 atom stereocenters. The molecule has 6 amide bonds. The zero-order valence-electron chi connectivity index (χ0n) is 51.8. The van der Waals surface area contributed by atoms with Crippen LogP contribution in [0.25, 0.3) is 11.5 Å². The van der Waals surface area contributed by atoms with Gasteiger partial charge in [-0.15, -0.1) is 10.2 Å². The highest BCUT2D eigenvalue weighted by molar-refractivity contribution is 5.96. The van der Waals surface area contributed by atoms with Crippen molar-refractivity contribution in [2.45, 2.75) is 162 Å². The van der Waals surface area contributed by atoms with Gasteiger partial charge in [0.2, 0.25) is 23.6 Å². The number of amides is 6. The maximum absolute atomic E-state index is 15.1. The number of aromatic nitrogens is 5. The van der Waals surface area contributed by atoms with E-state index in [1.54, 1.807) is 81.1 Å². The Labute approximate surface area is 513 Å². The Balaban J connectivity index is 0.843. The Kier molecular flexibility index (Phi) is 21.7. The molecule has 6 aromatic rings. The van der Waals surface area contributed by atoms with Crippen molar-refractivity contribution in [1.82, 2.24) is 55.4 Å². The van der Waals surface area contributed by atoms with Gasteiger partial charge in [0.05, 0.1) is 19.2 Å². The first-order chi connectivity index (χ1) is 41.9. The molecule has 0 spiro atoms. The van der Waals surface area contributed by atoms with Crippen LogP contribution in [0.15, 0.2) is 104 Å². The highest BCUT2D eigenvalue weighted by atomic mass is 19.1. The van der Waals surface area contributed by atoms with Crippen LogP contribution in [-0.4, -0.2) is 126 Å². The first kappa shape index (κ1) is 65.2. The number of carbonyl (C=O) groups excluding carboxylic acids is 6. The number of ether oxygens (including phenoxy) is 2. The number of carbonyl (C=O) groups is 6. The fourth-order valence-corrected chi connectivity index (χ4v) is 10.8. The zero-order valence-corrected chi connectivity index (χ0v) is 51.8. The van der Waals surface area contributed by atoms with Crippen LogP contribution < -0.4 is 26.0 Å². The minimum Gasteiger partial charge on any atom is -0.494 e. The second kappa shape index (κ2) is 29.2. The number of nitrogens with zero attached hydrogens (tertiary/aromatic N) is 8. The first-order valence-electron chi connectivity index (χ1n) is 30.1. The van der Waals surface area contributed by atoms with Gasteiger partial charge in [-0.2, -0.15) is 0 Å². The normalized spacial score (nSPS) is 15.4. The average molecular weight is 1210 g/mol. The van der Waals surface area contributed by atoms with E-state index in [9.17, 15) is 32.8 Å². The van der Waals surface area contributed by atoms with Crippen LogP contribution in [0.1, 0.15) is 143 Å². The van der Waals surface area contributed by atoms with Gasteiger partial charge in [-0.25, -0.2) is 23.5 Å². The molecule has 0 radical (unpaired) electrons. The van der Waals surface area contributed by atoms with Crippen molar-refractivity contribution in [1.29, 1.82) is 0 Å². The largest absolute Gasteiger partial charge is 0.494 e. The zero-order chi connectivity index (χ0) is 63.3. The number of unbranched alkanes of at least 4 members (excludes halogenated alkanes) is 2. The molecule has 3 heterocycles. The molecular formula is C66H82F2N12O8. The summed E-state index contributed by atoms with van der Waals surface area (Å²) in [6.45, 7) is 13.7. The number of nitrogens with one attached hydrogen (secondary N) is 4. The molecular weight excluding hydrogens is 1130 g/mol. The predicted molar refractivity (Wildman–Crippen MR) is 328 cm³/mol. The summed E-state index contributed by atoms with van der Waals surface area (Å²) in [7, 11) is 3.26. The maximum atomic E-state index is 15.1. The van der Waals surface area contributed by atoms with E-state index >= 15 is 4.79 Å². The molecule has 4 N–H and O–H groups in total. The molecule has 20 nitrogen and oxygen atoms in total. The molecule has 2 aliphatic rings. The summed E-state index contributed by atoms with van der Waals surface area (Å²) >= 11 is 0. The van der Waals surface area contributed by atoms with Crippen LogP contribution in [0, 0.1) is 17.0 Å². The number of anilines is 1. The monoisotopic (exact) mass is 1210 g/mol. The molecule has 0 saturated carbocycles. The predicted octanol–water partition coefficient (Wildman–Crippen LogP) is 9.28. The summed E-state index contributed by atoms with van der Waals surface area (Å²) in [4.78, 5) is 96.0. The van der Waals surface area contributed by atoms with Crippen LogP contribution in [0.3, 0.4) is 0 Å². The van der Waals surface area contributed by atoms with Gasteiger partial charge in [-0.05, 0) is 149 Å². The van der Waals surface area contributed by atoms with Crippen LogP contribution in [-0.2, 0) is 62.9 Å². The van der Waals surface area contributed by atoms with Gasteiger partial charge in [0.25, 0.3) is 5.91 Å². The van der Waals surface area contributed by atoms with Gasteiger partial charge in [-0.1, -0.05) is 63.2 Å². The Morgan fingerprint density at radius 3 is 2.32 bits per heavy atom. The smallest absolute Gasteiger partial charge is 0.410 e. The summed E-state index contributed by atoms with van der Waals surface area (Å²) in [5.74, 6) is -1.53. The van der Waals surface area contributed by atoms with Crippen molar-refractivity contribution < 1.29 is 47.0 Å². The van der Waals surface area contributed by atoms with Crippen LogP contribution in [0.5, 0.6) is 5.75 Å². The van der Waals surface area contributed by atoms with Crippen molar-refractivity contribution in [3.8, 4) is 17.3 Å². The fraction of sp³-hybridized carbons (Fsp3) is 0.455. The Morgan fingerprint density at radius 1 is 0.818 bits per heavy atom. The number of hydrogen-bond acceptors (Lipinski definition) is 13. The molecule has 0 bridgehead atoms. The molecule has 1 aliphatic carbocycles. The molecule has 1 unspecified atom stereocenters. The molecule has 1 aliphatic heterocycles. The molecule has 2 aromatic heterocycles. The minimum absolute atomic E-state index is 0.00536. The van der Waals surface area contributed by atoms with Crippen molar-refractivity contribution in [2.75, 3.05) is 32.6 Å². The summed E-state index contributed by atoms with van der Waals surface area (Å²) in [6, 6.07) is 22.7. The lowest BCUT2D eigenvalue weighted by Gasteiger charge is -2.42. The highest BCUT2D eigenvalue weighted by Crippen LogP contribution is 2.34. The van der Waals surface area contributed by atoms with E-state index in [2.05, 4.69) is 47.5 Å². The molecule has 22 heteroatoms. The molecule has 8 rings (SSSR count). The summed E-state index contributed by atoms with van der Waals surface area (Å²) in [5, 5.41) is 21.0. The fourth-order valence-electron chi connectivity index (χ4n) is 10.8. The number of halogens is 2. The second-order valence-electron chi connectivity index (χ2n) is 24.7. The Bertz CT molecular complexity index is 3420. The summed E-state index contributed by atoms with van der Waals surface area (Å²) in [6.07, 6.45) is 8.21. The summed E-state index contributed by atoms with van der Waals surface area (Å²) < 4.78 is 42.1. The van der Waals surface area contributed by atoms with Gasteiger partial charge in [-0.3, -0.25) is 28.9 Å². The van der Waals surface area contributed by atoms with E-state index in [0.717, 1.165) is 54.5 Å². The topological polar surface area (TPSA) is 235 Å². The SMILES string of the molecule is C[C@@H](C(=O)NC(C(=O)N1Cc2cc(OCCCCCC(=O)N(C)CCCn3c(CNc4cccc(C(=O)NCc5c(F)cccc5F)c4)nnc3-c3ccncn3)ccc2C[C@H]1C(=O)N[C@@H]1CCCc2ccccc21)C(C)(C)C)N(C)C(=O)OC(C)(C)C. The number of fused-ring (bicyclic) bond motifs is 2. The van der Waals surface area contributed by atoms with Crippen molar-refractivity contribution in [2.24, 2.45) is 5.41 Å². The van der Waals surface area contributed by atoms with E-state index in [4.69, 9.17) is 9.47 Å². The van der Waals surface area contributed by atoms with Gasteiger partial charge < -0.3 is 45.1 Å². The number of likely N-dealkylation sites (N-methyl/N-ethyl adjacent to an activating group) is 1. The van der Waals surface area contributed by atoms with Crippen molar-refractivity contribution in [3.63, 3.8) is 0 Å². The minimum atomic E-state index is -1.07. The van der Waals surface area contributed by atoms with E-state index < -0.39 is 64.6 Å². The van der Waals surface area contributed by atoms with Crippen LogP contribution in [0.4, 0.5) is 19.3 Å². The maximum Gasteiger partial charge on any atom is 0.410 e. The lowest BCUT2D eigenvalue weighted by molar-refractivity contribution is -0.147. The highest BCUT2D eigenvalue weighted by Gasteiger charge is 2.44. The quantitative estimate of drug-likeness (QED) is 0.0414. The van der Waals surface area contributed by atoms with E-state index in [1.165, 1.54) is 29.9 Å². The van der Waals surface area contributed by atoms with Crippen molar-refractivity contribution in [3.05, 3.63) is 154 Å². The third-order valence-electron chi connectivity index (χ3n) is 15.9. The number of rotatable bonds is 24. The third-order valence-corrected chi connectivity index (χ3v) is 15.9.